The van der Waals surface area contributed by atoms with E-state index in [0.717, 1.165) is 15.5 Å². The van der Waals surface area contributed by atoms with Crippen LogP contribution in [-0.2, 0) is 9.59 Å². The standard InChI is InChI=1S/C35H31N5O5S2/c1-22-39-40-35(46-22)38-34(43)31(23-10-6-4-7-11-23)47-28-17-14-26(15-18-28)36-33(42)29(37-32(41)24-12-8-5-9-13-24)21-25-20-27(44-2)16-19-30(25)45-3/h4-21,31H,1-3H3,(H,36,42)(H,37,41)(H,38,40,43)/b29-21-. The molecule has 0 fully saturated rings. The van der Waals surface area contributed by atoms with Crippen LogP contribution in [0.3, 0.4) is 0 Å². The first-order chi connectivity index (χ1) is 22.8. The highest BCUT2D eigenvalue weighted by Crippen LogP contribution is 2.37. The van der Waals surface area contributed by atoms with Crippen LogP contribution in [0.25, 0.3) is 6.08 Å². The van der Waals surface area contributed by atoms with E-state index in [4.69, 9.17) is 9.47 Å². The molecule has 47 heavy (non-hydrogen) atoms. The monoisotopic (exact) mass is 665 g/mol. The van der Waals surface area contributed by atoms with E-state index in [2.05, 4.69) is 26.1 Å². The summed E-state index contributed by atoms with van der Waals surface area (Å²) < 4.78 is 10.8. The van der Waals surface area contributed by atoms with Gasteiger partial charge in [-0.1, -0.05) is 59.9 Å². The van der Waals surface area contributed by atoms with E-state index in [9.17, 15) is 14.4 Å². The van der Waals surface area contributed by atoms with Crippen LogP contribution >= 0.6 is 23.1 Å². The second kappa shape index (κ2) is 15.7. The third kappa shape index (κ3) is 8.84. The second-order valence-electron chi connectivity index (χ2n) is 9.99. The number of rotatable bonds is 12. The SMILES string of the molecule is COc1ccc(OC)c(/C=C(\NC(=O)c2ccccc2)C(=O)Nc2ccc(SC(C(=O)Nc3nnc(C)s3)c3ccccc3)cc2)c1. The van der Waals surface area contributed by atoms with E-state index in [1.165, 1.54) is 43.4 Å². The van der Waals surface area contributed by atoms with Gasteiger partial charge in [-0.05, 0) is 73.2 Å². The van der Waals surface area contributed by atoms with Gasteiger partial charge in [0.25, 0.3) is 11.8 Å². The van der Waals surface area contributed by atoms with Crippen molar-refractivity contribution in [2.24, 2.45) is 0 Å². The molecule has 0 saturated heterocycles. The van der Waals surface area contributed by atoms with E-state index in [-0.39, 0.29) is 11.6 Å². The molecule has 0 saturated carbocycles. The van der Waals surface area contributed by atoms with Gasteiger partial charge in [0.2, 0.25) is 11.0 Å². The fraction of sp³-hybridized carbons (Fsp3) is 0.114. The van der Waals surface area contributed by atoms with Gasteiger partial charge >= 0.3 is 0 Å². The lowest BCUT2D eigenvalue weighted by molar-refractivity contribution is -0.116. The van der Waals surface area contributed by atoms with Gasteiger partial charge in [0, 0.05) is 21.7 Å². The average molecular weight is 666 g/mol. The fourth-order valence-corrected chi connectivity index (χ4v) is 6.04. The highest BCUT2D eigenvalue weighted by molar-refractivity contribution is 8.00. The maximum Gasteiger partial charge on any atom is 0.272 e. The Morgan fingerprint density at radius 3 is 2.17 bits per heavy atom. The summed E-state index contributed by atoms with van der Waals surface area (Å²) in [5, 5.41) is 17.1. The van der Waals surface area contributed by atoms with E-state index >= 15 is 0 Å². The van der Waals surface area contributed by atoms with E-state index in [1.807, 2.05) is 49.4 Å². The van der Waals surface area contributed by atoms with Gasteiger partial charge in [-0.2, -0.15) is 0 Å². The molecule has 5 rings (SSSR count). The first kappa shape index (κ1) is 32.9. The lowest BCUT2D eigenvalue weighted by Crippen LogP contribution is -2.30. The number of amides is 3. The number of thioether (sulfide) groups is 1. The molecule has 0 aliphatic carbocycles. The summed E-state index contributed by atoms with van der Waals surface area (Å²) in [6.07, 6.45) is 1.53. The molecule has 0 spiro atoms. The van der Waals surface area contributed by atoms with Gasteiger partial charge in [-0.25, -0.2) is 0 Å². The fourth-order valence-electron chi connectivity index (χ4n) is 4.42. The topological polar surface area (TPSA) is 132 Å². The minimum Gasteiger partial charge on any atom is -0.497 e. The molecule has 0 bridgehead atoms. The van der Waals surface area contributed by atoms with E-state index < -0.39 is 17.1 Å². The van der Waals surface area contributed by atoms with Crippen molar-refractivity contribution in [1.29, 1.82) is 0 Å². The Morgan fingerprint density at radius 1 is 0.830 bits per heavy atom. The summed E-state index contributed by atoms with van der Waals surface area (Å²) in [6.45, 7) is 1.82. The number of hydrogen-bond donors (Lipinski definition) is 3. The number of hydrogen-bond acceptors (Lipinski definition) is 9. The van der Waals surface area contributed by atoms with Gasteiger partial charge in [0.05, 0.1) is 14.2 Å². The zero-order chi connectivity index (χ0) is 33.2. The molecular weight excluding hydrogens is 635 g/mol. The molecule has 10 nitrogen and oxygen atoms in total. The van der Waals surface area contributed by atoms with Crippen LogP contribution in [-0.4, -0.2) is 42.1 Å². The van der Waals surface area contributed by atoms with Crippen molar-refractivity contribution in [2.45, 2.75) is 17.1 Å². The first-order valence-corrected chi connectivity index (χ1v) is 16.1. The summed E-state index contributed by atoms with van der Waals surface area (Å²) in [7, 11) is 3.06. The number of aryl methyl sites for hydroxylation is 1. The molecule has 0 aliphatic rings. The number of carbonyl (C=O) groups excluding carboxylic acids is 3. The number of methoxy groups -OCH3 is 2. The van der Waals surface area contributed by atoms with Crippen molar-refractivity contribution < 1.29 is 23.9 Å². The summed E-state index contributed by atoms with van der Waals surface area (Å²) in [4.78, 5) is 40.8. The van der Waals surface area contributed by atoms with Crippen LogP contribution < -0.4 is 25.4 Å². The molecule has 5 aromatic rings. The van der Waals surface area contributed by atoms with Crippen LogP contribution in [0, 0.1) is 6.92 Å². The second-order valence-corrected chi connectivity index (χ2v) is 12.3. The molecule has 3 amide bonds. The maximum atomic E-state index is 13.6. The van der Waals surface area contributed by atoms with Crippen molar-refractivity contribution in [3.63, 3.8) is 0 Å². The van der Waals surface area contributed by atoms with Gasteiger partial charge in [-0.3, -0.25) is 19.7 Å². The molecule has 0 aliphatic heterocycles. The third-order valence-electron chi connectivity index (χ3n) is 6.73. The number of ether oxygens (including phenoxy) is 2. The summed E-state index contributed by atoms with van der Waals surface area (Å²) in [5.74, 6) is -0.181. The van der Waals surface area contributed by atoms with Gasteiger partial charge in [0.15, 0.2) is 0 Å². The normalized spacial score (nSPS) is 11.7. The number of nitrogens with zero attached hydrogens (tertiary/aromatic N) is 2. The van der Waals surface area contributed by atoms with Crippen molar-refractivity contribution in [1.82, 2.24) is 15.5 Å². The average Bonchev–Trinajstić information content (AvgIpc) is 3.51. The number of aromatic nitrogens is 2. The first-order valence-electron chi connectivity index (χ1n) is 14.4. The van der Waals surface area contributed by atoms with Crippen molar-refractivity contribution >= 4 is 57.7 Å². The minimum atomic E-state index is -0.568. The van der Waals surface area contributed by atoms with Gasteiger partial charge in [-0.15, -0.1) is 22.0 Å². The summed E-state index contributed by atoms with van der Waals surface area (Å²) >= 11 is 2.67. The molecule has 12 heteroatoms. The quantitative estimate of drug-likeness (QED) is 0.0986. The lowest BCUT2D eigenvalue weighted by atomic mass is 10.1. The molecule has 4 aromatic carbocycles. The van der Waals surface area contributed by atoms with Crippen LogP contribution in [0.5, 0.6) is 11.5 Å². The molecular formula is C35H31N5O5S2. The Hall–Kier alpha value is -5.46. The molecule has 1 atom stereocenters. The highest BCUT2D eigenvalue weighted by atomic mass is 32.2. The number of carbonyl (C=O) groups is 3. The number of nitrogens with one attached hydrogen (secondary N) is 3. The Morgan fingerprint density at radius 2 is 1.53 bits per heavy atom. The van der Waals surface area contributed by atoms with Crippen molar-refractivity contribution in [3.8, 4) is 11.5 Å². The predicted molar refractivity (Wildman–Crippen MR) is 185 cm³/mol. The van der Waals surface area contributed by atoms with Crippen molar-refractivity contribution in [3.05, 3.63) is 131 Å². The van der Waals surface area contributed by atoms with Crippen LogP contribution in [0.2, 0.25) is 0 Å². The Bertz CT molecular complexity index is 1880. The van der Waals surface area contributed by atoms with Crippen LogP contribution in [0.1, 0.15) is 31.7 Å². The van der Waals surface area contributed by atoms with Crippen LogP contribution in [0.15, 0.2) is 114 Å². The van der Waals surface area contributed by atoms with Crippen molar-refractivity contribution in [2.75, 3.05) is 24.9 Å². The van der Waals surface area contributed by atoms with Gasteiger partial charge in [0.1, 0.15) is 27.5 Å². The Balaban J connectivity index is 1.36. The van der Waals surface area contributed by atoms with Crippen LogP contribution in [0.4, 0.5) is 10.8 Å². The lowest BCUT2D eigenvalue weighted by Gasteiger charge is -2.16. The zero-order valence-electron chi connectivity index (χ0n) is 25.7. The molecule has 3 N–H and O–H groups in total. The minimum absolute atomic E-state index is 0.00316. The molecule has 0 radical (unpaired) electrons. The van der Waals surface area contributed by atoms with Gasteiger partial charge < -0.3 is 20.1 Å². The molecule has 1 heterocycles. The Labute approximate surface area is 280 Å². The highest BCUT2D eigenvalue weighted by Gasteiger charge is 2.23. The maximum absolute atomic E-state index is 13.6. The molecule has 238 valence electrons. The predicted octanol–water partition coefficient (Wildman–Crippen LogP) is 6.75. The van der Waals surface area contributed by atoms with E-state index in [0.29, 0.717) is 33.4 Å². The number of benzene rings is 4. The largest absolute Gasteiger partial charge is 0.497 e. The smallest absolute Gasteiger partial charge is 0.272 e. The molecule has 1 aromatic heterocycles. The van der Waals surface area contributed by atoms with E-state index in [1.54, 1.807) is 60.7 Å². The number of anilines is 2. The molecule has 1 unspecified atom stereocenters. The zero-order valence-corrected chi connectivity index (χ0v) is 27.4. The Kier molecular flexibility index (Phi) is 11.0. The summed E-state index contributed by atoms with van der Waals surface area (Å²) in [6, 6.07) is 30.3. The summed E-state index contributed by atoms with van der Waals surface area (Å²) in [5.41, 5.74) is 2.23. The third-order valence-corrected chi connectivity index (χ3v) is 8.75.